The Kier molecular flexibility index (Phi) is 7.95. The first-order valence-corrected chi connectivity index (χ1v) is 8.06. The van der Waals surface area contributed by atoms with E-state index >= 15 is 0 Å². The van der Waals surface area contributed by atoms with Crippen LogP contribution in [0.1, 0.15) is 32.8 Å². The second kappa shape index (κ2) is 9.70. The number of hydrogen-bond donors (Lipinski definition) is 2. The van der Waals surface area contributed by atoms with Crippen LogP contribution in [0, 0.1) is 5.92 Å². The molecule has 1 rings (SSSR count). The lowest BCUT2D eigenvalue weighted by molar-refractivity contribution is -0.145. The average Bonchev–Trinajstić information content (AvgIpc) is 2.57. The van der Waals surface area contributed by atoms with Crippen molar-refractivity contribution in [1.29, 1.82) is 0 Å². The largest absolute Gasteiger partial charge is 0.467 e. The molecule has 0 aromatic heterocycles. The molecule has 0 aliphatic rings. The second-order valence-electron chi connectivity index (χ2n) is 6.03. The number of amides is 2. The Morgan fingerprint density at radius 2 is 1.67 bits per heavy atom. The van der Waals surface area contributed by atoms with E-state index in [4.69, 9.17) is 0 Å². The van der Waals surface area contributed by atoms with E-state index in [1.54, 1.807) is 6.92 Å². The molecule has 0 heterocycles. The molecule has 132 valence electrons. The molecule has 1 aromatic rings. The molecule has 0 spiro atoms. The van der Waals surface area contributed by atoms with Gasteiger partial charge in [-0.15, -0.1) is 0 Å². The molecule has 0 unspecified atom stereocenters. The standard InChI is InChI=1S/C18H26N2O4/c1-12(2)16(17(22)19-13(3)18(23)24-4)20-15(21)11-10-14-8-6-5-7-9-14/h5-9,12-13,16H,10-11H2,1-4H3,(H,19,22)(H,20,21)/t13-,16-/m0/s1. The summed E-state index contributed by atoms with van der Waals surface area (Å²) < 4.78 is 4.58. The van der Waals surface area contributed by atoms with E-state index in [1.165, 1.54) is 7.11 Å². The van der Waals surface area contributed by atoms with Crippen LogP contribution in [0.3, 0.4) is 0 Å². The average molecular weight is 334 g/mol. The fraction of sp³-hybridized carbons (Fsp3) is 0.500. The number of ether oxygens (including phenoxy) is 1. The highest BCUT2D eigenvalue weighted by atomic mass is 16.5. The number of rotatable bonds is 8. The normalized spacial score (nSPS) is 13.0. The molecule has 0 radical (unpaired) electrons. The van der Waals surface area contributed by atoms with Crippen molar-refractivity contribution < 1.29 is 19.1 Å². The van der Waals surface area contributed by atoms with Crippen molar-refractivity contribution in [1.82, 2.24) is 10.6 Å². The van der Waals surface area contributed by atoms with E-state index in [0.717, 1.165) is 5.56 Å². The third-order valence-electron chi connectivity index (χ3n) is 3.66. The fourth-order valence-corrected chi connectivity index (χ4v) is 2.22. The summed E-state index contributed by atoms with van der Waals surface area (Å²) in [5.41, 5.74) is 1.07. The van der Waals surface area contributed by atoms with Crippen molar-refractivity contribution in [2.24, 2.45) is 5.92 Å². The van der Waals surface area contributed by atoms with Gasteiger partial charge in [0.1, 0.15) is 12.1 Å². The third-order valence-corrected chi connectivity index (χ3v) is 3.66. The number of hydrogen-bond acceptors (Lipinski definition) is 4. The van der Waals surface area contributed by atoms with E-state index in [0.29, 0.717) is 12.8 Å². The van der Waals surface area contributed by atoms with Gasteiger partial charge in [-0.2, -0.15) is 0 Å². The van der Waals surface area contributed by atoms with Crippen LogP contribution in [0.15, 0.2) is 30.3 Å². The van der Waals surface area contributed by atoms with Gasteiger partial charge >= 0.3 is 5.97 Å². The summed E-state index contributed by atoms with van der Waals surface area (Å²) in [6, 6.07) is 8.23. The monoisotopic (exact) mass is 334 g/mol. The van der Waals surface area contributed by atoms with Gasteiger partial charge in [-0.25, -0.2) is 4.79 Å². The zero-order chi connectivity index (χ0) is 18.1. The van der Waals surface area contributed by atoms with E-state index in [1.807, 2.05) is 44.2 Å². The fourth-order valence-electron chi connectivity index (χ4n) is 2.22. The highest BCUT2D eigenvalue weighted by molar-refractivity contribution is 5.90. The summed E-state index contributed by atoms with van der Waals surface area (Å²) in [5.74, 6) is -1.22. The van der Waals surface area contributed by atoms with E-state index < -0.39 is 24.0 Å². The summed E-state index contributed by atoms with van der Waals surface area (Å²) >= 11 is 0. The Bertz CT molecular complexity index is 557. The lowest BCUT2D eigenvalue weighted by Gasteiger charge is -2.23. The van der Waals surface area contributed by atoms with Gasteiger partial charge in [0.05, 0.1) is 7.11 Å². The molecule has 24 heavy (non-hydrogen) atoms. The first-order chi connectivity index (χ1) is 11.3. The van der Waals surface area contributed by atoms with Crippen LogP contribution in [0.25, 0.3) is 0 Å². The van der Waals surface area contributed by atoms with Crippen molar-refractivity contribution in [2.45, 2.75) is 45.7 Å². The van der Waals surface area contributed by atoms with Crippen LogP contribution >= 0.6 is 0 Å². The van der Waals surface area contributed by atoms with Gasteiger partial charge in [-0.1, -0.05) is 44.2 Å². The van der Waals surface area contributed by atoms with Crippen molar-refractivity contribution >= 4 is 17.8 Å². The molecule has 0 bridgehead atoms. The zero-order valence-corrected chi connectivity index (χ0v) is 14.7. The number of nitrogens with one attached hydrogen (secondary N) is 2. The smallest absolute Gasteiger partial charge is 0.328 e. The van der Waals surface area contributed by atoms with Crippen molar-refractivity contribution in [3.63, 3.8) is 0 Å². The first kappa shape index (κ1) is 19.7. The molecule has 2 atom stereocenters. The summed E-state index contributed by atoms with van der Waals surface area (Å²) in [6.45, 7) is 5.22. The lowest BCUT2D eigenvalue weighted by Crippen LogP contribution is -2.53. The molecular weight excluding hydrogens is 308 g/mol. The Morgan fingerprint density at radius 3 is 2.21 bits per heavy atom. The molecule has 2 amide bonds. The number of methoxy groups -OCH3 is 1. The minimum atomic E-state index is -0.759. The molecule has 0 saturated heterocycles. The highest BCUT2D eigenvalue weighted by Crippen LogP contribution is 2.06. The molecule has 1 aromatic carbocycles. The van der Waals surface area contributed by atoms with Crippen LogP contribution in [-0.4, -0.2) is 37.0 Å². The number of esters is 1. The predicted molar refractivity (Wildman–Crippen MR) is 91.2 cm³/mol. The summed E-state index contributed by atoms with van der Waals surface area (Å²) in [7, 11) is 1.26. The van der Waals surface area contributed by atoms with Gasteiger partial charge in [-0.3, -0.25) is 9.59 Å². The van der Waals surface area contributed by atoms with E-state index in [9.17, 15) is 14.4 Å². The molecule has 0 aliphatic carbocycles. The van der Waals surface area contributed by atoms with Gasteiger partial charge in [0.2, 0.25) is 11.8 Å². The quantitative estimate of drug-likeness (QED) is 0.705. The predicted octanol–water partition coefficient (Wildman–Crippen LogP) is 1.44. The van der Waals surface area contributed by atoms with Crippen molar-refractivity contribution in [2.75, 3.05) is 7.11 Å². The number of carbonyl (C=O) groups excluding carboxylic acids is 3. The lowest BCUT2D eigenvalue weighted by atomic mass is 10.0. The zero-order valence-electron chi connectivity index (χ0n) is 14.7. The summed E-state index contributed by atoms with van der Waals surface area (Å²) in [4.78, 5) is 35.8. The molecule has 2 N–H and O–H groups in total. The topological polar surface area (TPSA) is 84.5 Å². The molecule has 0 fully saturated rings. The first-order valence-electron chi connectivity index (χ1n) is 8.06. The van der Waals surface area contributed by atoms with Crippen LogP contribution in [0.5, 0.6) is 0 Å². The van der Waals surface area contributed by atoms with Gasteiger partial charge in [0.25, 0.3) is 0 Å². The number of aryl methyl sites for hydroxylation is 1. The maximum absolute atomic E-state index is 12.3. The summed E-state index contributed by atoms with van der Waals surface area (Å²) in [6.07, 6.45) is 0.907. The SMILES string of the molecule is COC(=O)[C@H](C)NC(=O)[C@@H](NC(=O)CCc1ccccc1)C(C)C. The second-order valence-corrected chi connectivity index (χ2v) is 6.03. The van der Waals surface area contributed by atoms with Gasteiger partial charge in [0, 0.05) is 6.42 Å². The highest BCUT2D eigenvalue weighted by Gasteiger charge is 2.27. The third kappa shape index (κ3) is 6.40. The Balaban J connectivity index is 2.56. The van der Waals surface area contributed by atoms with Crippen LogP contribution in [-0.2, 0) is 25.5 Å². The molecule has 6 nitrogen and oxygen atoms in total. The molecule has 0 aliphatic heterocycles. The van der Waals surface area contributed by atoms with Crippen molar-refractivity contribution in [3.05, 3.63) is 35.9 Å². The Labute approximate surface area is 143 Å². The van der Waals surface area contributed by atoms with Crippen LogP contribution < -0.4 is 10.6 Å². The molecule has 0 saturated carbocycles. The minimum absolute atomic E-state index is 0.101. The Morgan fingerprint density at radius 1 is 1.04 bits per heavy atom. The van der Waals surface area contributed by atoms with E-state index in [-0.39, 0.29) is 11.8 Å². The van der Waals surface area contributed by atoms with Crippen LogP contribution in [0.2, 0.25) is 0 Å². The Hall–Kier alpha value is -2.37. The maximum Gasteiger partial charge on any atom is 0.328 e. The van der Waals surface area contributed by atoms with Crippen molar-refractivity contribution in [3.8, 4) is 0 Å². The maximum atomic E-state index is 12.3. The molecular formula is C18H26N2O4. The van der Waals surface area contributed by atoms with Gasteiger partial charge in [-0.05, 0) is 24.8 Å². The molecule has 6 heteroatoms. The van der Waals surface area contributed by atoms with Gasteiger partial charge < -0.3 is 15.4 Å². The van der Waals surface area contributed by atoms with Gasteiger partial charge in [0.15, 0.2) is 0 Å². The number of carbonyl (C=O) groups is 3. The van der Waals surface area contributed by atoms with Crippen LogP contribution in [0.4, 0.5) is 0 Å². The number of benzene rings is 1. The summed E-state index contributed by atoms with van der Waals surface area (Å²) in [5, 5.41) is 5.31. The van der Waals surface area contributed by atoms with E-state index in [2.05, 4.69) is 15.4 Å². The minimum Gasteiger partial charge on any atom is -0.467 e.